The maximum Gasteiger partial charge on any atom is 0.330 e. The van der Waals surface area contributed by atoms with Crippen LogP contribution in [0.3, 0.4) is 0 Å². The number of nitrogens with two attached hydrogens (primary N) is 1. The summed E-state index contributed by atoms with van der Waals surface area (Å²) in [5.74, 6) is -5.34. The van der Waals surface area contributed by atoms with Crippen molar-refractivity contribution in [3.05, 3.63) is 0 Å². The Balaban J connectivity index is 2.80. The van der Waals surface area contributed by atoms with E-state index in [9.17, 15) is 13.6 Å². The largest absolute Gasteiger partial charge is 0.337 e. The predicted octanol–water partition coefficient (Wildman–Crippen LogP) is 0.0587. The summed E-state index contributed by atoms with van der Waals surface area (Å²) in [6.07, 6.45) is 0. The van der Waals surface area contributed by atoms with Gasteiger partial charge >= 0.3 is 5.92 Å². The first-order valence-corrected chi connectivity index (χ1v) is 3.91. The smallest absolute Gasteiger partial charge is 0.330 e. The van der Waals surface area contributed by atoms with Crippen LogP contribution in [0.4, 0.5) is 8.78 Å². The highest BCUT2D eigenvalue weighted by molar-refractivity contribution is 5.86. The highest BCUT2D eigenvalue weighted by Gasteiger charge is 2.54. The molecule has 0 aliphatic carbocycles. The van der Waals surface area contributed by atoms with Crippen molar-refractivity contribution in [3.8, 4) is 0 Å². The van der Waals surface area contributed by atoms with Gasteiger partial charge in [0.1, 0.15) is 0 Å². The van der Waals surface area contributed by atoms with Crippen molar-refractivity contribution >= 4 is 5.91 Å². The fraction of sp³-hybridized carbons (Fsp3) is 0.857. The summed E-state index contributed by atoms with van der Waals surface area (Å²) in [5.41, 5.74) is 5.13. The van der Waals surface area contributed by atoms with Crippen LogP contribution in [0.1, 0.15) is 6.92 Å². The molecule has 1 amide bonds. The third kappa shape index (κ3) is 1.18. The monoisotopic (exact) mass is 178 g/mol. The van der Waals surface area contributed by atoms with Gasteiger partial charge in [-0.25, -0.2) is 0 Å². The second kappa shape index (κ2) is 2.97. The Bertz CT molecular complexity index is 196. The highest BCUT2D eigenvalue weighted by Crippen LogP contribution is 2.33. The minimum Gasteiger partial charge on any atom is -0.337 e. The van der Waals surface area contributed by atoms with E-state index >= 15 is 0 Å². The number of amides is 1. The standard InChI is InChI=1S/C7H12F2N2O/c1-2-11-4-5(3-10)7(8,9)6(11)12/h5H,2-4,10H2,1H3/t5-/m0/s1. The summed E-state index contributed by atoms with van der Waals surface area (Å²) in [5, 5.41) is 0. The van der Waals surface area contributed by atoms with Gasteiger partial charge in [0.2, 0.25) is 0 Å². The number of hydrogen-bond acceptors (Lipinski definition) is 2. The molecule has 1 rings (SSSR count). The Morgan fingerprint density at radius 1 is 1.75 bits per heavy atom. The fourth-order valence-corrected chi connectivity index (χ4v) is 1.34. The zero-order valence-corrected chi connectivity index (χ0v) is 6.89. The maximum absolute atomic E-state index is 13.0. The molecule has 1 aliphatic rings. The lowest BCUT2D eigenvalue weighted by Crippen LogP contribution is -2.37. The SMILES string of the molecule is CCN1C[C@H](CN)C(F)(F)C1=O. The van der Waals surface area contributed by atoms with E-state index < -0.39 is 17.7 Å². The molecule has 12 heavy (non-hydrogen) atoms. The van der Waals surface area contributed by atoms with Gasteiger partial charge in [-0.05, 0) is 6.92 Å². The normalized spacial score (nSPS) is 28.2. The molecule has 0 radical (unpaired) electrons. The number of carbonyl (C=O) groups excluding carboxylic acids is 1. The second-order valence-corrected chi connectivity index (χ2v) is 2.90. The van der Waals surface area contributed by atoms with Gasteiger partial charge in [-0.1, -0.05) is 0 Å². The van der Waals surface area contributed by atoms with Crippen molar-refractivity contribution in [2.24, 2.45) is 11.7 Å². The molecule has 1 fully saturated rings. The number of halogens is 2. The molecule has 0 unspecified atom stereocenters. The van der Waals surface area contributed by atoms with Gasteiger partial charge < -0.3 is 10.6 Å². The Hall–Kier alpha value is -0.710. The van der Waals surface area contributed by atoms with Crippen LogP contribution in [0.2, 0.25) is 0 Å². The molecule has 0 spiro atoms. The average molecular weight is 178 g/mol. The summed E-state index contributed by atoms with van der Waals surface area (Å²) < 4.78 is 25.9. The molecule has 0 aromatic heterocycles. The Kier molecular flexibility index (Phi) is 2.32. The van der Waals surface area contributed by atoms with E-state index in [0.29, 0.717) is 6.54 Å². The molecule has 2 N–H and O–H groups in total. The van der Waals surface area contributed by atoms with E-state index in [1.54, 1.807) is 6.92 Å². The first-order chi connectivity index (χ1) is 5.54. The molecule has 1 atom stereocenters. The van der Waals surface area contributed by atoms with E-state index in [0.717, 1.165) is 4.90 Å². The molecule has 1 aliphatic heterocycles. The molecule has 1 saturated heterocycles. The Morgan fingerprint density at radius 2 is 2.33 bits per heavy atom. The molecule has 0 bridgehead atoms. The molecule has 0 aromatic carbocycles. The van der Waals surface area contributed by atoms with Crippen molar-refractivity contribution in [2.45, 2.75) is 12.8 Å². The molecule has 5 heteroatoms. The molecule has 0 aromatic rings. The third-order valence-electron chi connectivity index (χ3n) is 2.19. The minimum atomic E-state index is -3.25. The van der Waals surface area contributed by atoms with Crippen LogP contribution < -0.4 is 5.73 Å². The molecule has 1 heterocycles. The topological polar surface area (TPSA) is 46.3 Å². The van der Waals surface area contributed by atoms with Crippen LogP contribution in [-0.2, 0) is 4.79 Å². The molecule has 70 valence electrons. The van der Waals surface area contributed by atoms with E-state index in [1.807, 2.05) is 0 Å². The van der Waals surface area contributed by atoms with Crippen molar-refractivity contribution in [1.29, 1.82) is 0 Å². The summed E-state index contributed by atoms with van der Waals surface area (Å²) >= 11 is 0. The lowest BCUT2D eigenvalue weighted by molar-refractivity contribution is -0.150. The van der Waals surface area contributed by atoms with Gasteiger partial charge in [0.25, 0.3) is 5.91 Å². The average Bonchev–Trinajstić information content (AvgIpc) is 2.25. The lowest BCUT2D eigenvalue weighted by atomic mass is 10.1. The molecule has 0 saturated carbocycles. The van der Waals surface area contributed by atoms with Gasteiger partial charge in [0.05, 0.1) is 5.92 Å². The molecular formula is C7H12F2N2O. The zero-order valence-electron chi connectivity index (χ0n) is 6.89. The van der Waals surface area contributed by atoms with Crippen LogP contribution in [0.25, 0.3) is 0 Å². The van der Waals surface area contributed by atoms with Gasteiger partial charge in [-0.3, -0.25) is 4.79 Å². The lowest BCUT2D eigenvalue weighted by Gasteiger charge is -2.12. The quantitative estimate of drug-likeness (QED) is 0.649. The first-order valence-electron chi connectivity index (χ1n) is 3.91. The molecular weight excluding hydrogens is 166 g/mol. The second-order valence-electron chi connectivity index (χ2n) is 2.90. The first kappa shape index (κ1) is 9.38. The van der Waals surface area contributed by atoms with Gasteiger partial charge in [-0.15, -0.1) is 0 Å². The van der Waals surface area contributed by atoms with Crippen LogP contribution in [-0.4, -0.2) is 36.4 Å². The maximum atomic E-state index is 13.0. The minimum absolute atomic E-state index is 0.0822. The van der Waals surface area contributed by atoms with Crippen LogP contribution >= 0.6 is 0 Å². The van der Waals surface area contributed by atoms with E-state index in [2.05, 4.69) is 0 Å². The Morgan fingerprint density at radius 3 is 2.58 bits per heavy atom. The number of hydrogen-bond donors (Lipinski definition) is 1. The molecule has 3 nitrogen and oxygen atoms in total. The van der Waals surface area contributed by atoms with E-state index in [4.69, 9.17) is 5.73 Å². The summed E-state index contributed by atoms with van der Waals surface area (Å²) in [6.45, 7) is 1.94. The summed E-state index contributed by atoms with van der Waals surface area (Å²) in [7, 11) is 0. The number of carbonyl (C=O) groups is 1. The third-order valence-corrected chi connectivity index (χ3v) is 2.19. The number of rotatable bonds is 2. The van der Waals surface area contributed by atoms with Crippen molar-refractivity contribution in [2.75, 3.05) is 19.6 Å². The fourth-order valence-electron chi connectivity index (χ4n) is 1.34. The van der Waals surface area contributed by atoms with E-state index in [-0.39, 0.29) is 13.1 Å². The number of alkyl halides is 2. The van der Waals surface area contributed by atoms with Gasteiger partial charge in [0, 0.05) is 19.6 Å². The summed E-state index contributed by atoms with van der Waals surface area (Å²) in [6, 6.07) is 0. The Labute approximate surface area is 69.5 Å². The van der Waals surface area contributed by atoms with Gasteiger partial charge in [-0.2, -0.15) is 8.78 Å². The highest BCUT2D eigenvalue weighted by atomic mass is 19.3. The van der Waals surface area contributed by atoms with E-state index in [1.165, 1.54) is 0 Å². The number of nitrogens with zero attached hydrogens (tertiary/aromatic N) is 1. The van der Waals surface area contributed by atoms with Gasteiger partial charge in [0.15, 0.2) is 0 Å². The van der Waals surface area contributed by atoms with Crippen molar-refractivity contribution in [1.82, 2.24) is 4.90 Å². The van der Waals surface area contributed by atoms with Crippen LogP contribution in [0.15, 0.2) is 0 Å². The zero-order chi connectivity index (χ0) is 9.35. The van der Waals surface area contributed by atoms with Crippen molar-refractivity contribution in [3.63, 3.8) is 0 Å². The number of likely N-dealkylation sites (tertiary alicyclic amines) is 1. The van der Waals surface area contributed by atoms with Crippen molar-refractivity contribution < 1.29 is 13.6 Å². The van der Waals surface area contributed by atoms with Crippen LogP contribution in [0.5, 0.6) is 0 Å². The summed E-state index contributed by atoms with van der Waals surface area (Å²) in [4.78, 5) is 12.1. The van der Waals surface area contributed by atoms with Crippen LogP contribution in [0, 0.1) is 5.92 Å². The predicted molar refractivity (Wildman–Crippen MR) is 39.7 cm³/mol.